The highest BCUT2D eigenvalue weighted by molar-refractivity contribution is 5.51. The molecule has 4 heteroatoms. The molecule has 0 amide bonds. The normalized spacial score (nSPS) is 21.5. The van der Waals surface area contributed by atoms with E-state index in [2.05, 4.69) is 15.2 Å². The molecule has 4 nitrogen and oxygen atoms in total. The molecule has 98 valence electrons. The van der Waals surface area contributed by atoms with E-state index in [-0.39, 0.29) is 0 Å². The summed E-state index contributed by atoms with van der Waals surface area (Å²) in [6.07, 6.45) is 7.36. The van der Waals surface area contributed by atoms with E-state index < -0.39 is 0 Å². The van der Waals surface area contributed by atoms with Crippen LogP contribution in [-0.4, -0.2) is 36.1 Å². The Morgan fingerprint density at radius 2 is 1.94 bits per heavy atom. The lowest BCUT2D eigenvalue weighted by Crippen LogP contribution is -2.44. The summed E-state index contributed by atoms with van der Waals surface area (Å²) >= 11 is 0. The number of aromatic nitrogens is 2. The first kappa shape index (κ1) is 11.9. The zero-order valence-corrected chi connectivity index (χ0v) is 11.2. The third-order valence-electron chi connectivity index (χ3n) is 4.12. The molecule has 0 aromatic carbocycles. The Morgan fingerprint density at radius 3 is 2.67 bits per heavy atom. The van der Waals surface area contributed by atoms with E-state index in [1.54, 1.807) is 0 Å². The number of anilines is 1. The molecule has 1 aromatic rings. The summed E-state index contributed by atoms with van der Waals surface area (Å²) in [6, 6.07) is 0. The standard InChI is InChI=1S/C14H22N4/c1-11-16-10-13(18-8-6-15-7-9-18)14(17-11)12-4-2-3-5-12/h10,12,15H,2-9H2,1H3. The van der Waals surface area contributed by atoms with Crippen molar-refractivity contribution in [3.63, 3.8) is 0 Å². The molecule has 1 aliphatic heterocycles. The highest BCUT2D eigenvalue weighted by Crippen LogP contribution is 2.37. The SMILES string of the molecule is Cc1ncc(N2CCNCC2)c(C2CCCC2)n1. The van der Waals surface area contributed by atoms with Crippen molar-refractivity contribution in [3.05, 3.63) is 17.7 Å². The summed E-state index contributed by atoms with van der Waals surface area (Å²) < 4.78 is 0. The molecule has 1 N–H and O–H groups in total. The number of aryl methyl sites for hydroxylation is 1. The van der Waals surface area contributed by atoms with Gasteiger partial charge in [-0.3, -0.25) is 0 Å². The van der Waals surface area contributed by atoms with E-state index in [1.807, 2.05) is 13.1 Å². The van der Waals surface area contributed by atoms with E-state index in [0.29, 0.717) is 5.92 Å². The van der Waals surface area contributed by atoms with Crippen molar-refractivity contribution in [2.24, 2.45) is 0 Å². The van der Waals surface area contributed by atoms with E-state index in [9.17, 15) is 0 Å². The van der Waals surface area contributed by atoms with Crippen molar-refractivity contribution in [2.45, 2.75) is 38.5 Å². The molecule has 3 rings (SSSR count). The van der Waals surface area contributed by atoms with Gasteiger partial charge in [0.2, 0.25) is 0 Å². The van der Waals surface area contributed by atoms with E-state index >= 15 is 0 Å². The Balaban J connectivity index is 1.91. The van der Waals surface area contributed by atoms with Crippen molar-refractivity contribution < 1.29 is 0 Å². The molecule has 18 heavy (non-hydrogen) atoms. The van der Waals surface area contributed by atoms with Crippen LogP contribution in [0.1, 0.15) is 43.1 Å². The molecule has 0 radical (unpaired) electrons. The minimum Gasteiger partial charge on any atom is -0.366 e. The maximum absolute atomic E-state index is 4.76. The van der Waals surface area contributed by atoms with Crippen molar-refractivity contribution in [1.29, 1.82) is 0 Å². The average Bonchev–Trinajstić information content (AvgIpc) is 2.93. The highest BCUT2D eigenvalue weighted by Gasteiger charge is 2.24. The van der Waals surface area contributed by atoms with Crippen LogP contribution in [-0.2, 0) is 0 Å². The Kier molecular flexibility index (Phi) is 3.46. The first-order chi connectivity index (χ1) is 8.84. The first-order valence-corrected chi connectivity index (χ1v) is 7.14. The molecule has 0 bridgehead atoms. The second kappa shape index (κ2) is 5.22. The number of hydrogen-bond donors (Lipinski definition) is 1. The number of rotatable bonds is 2. The first-order valence-electron chi connectivity index (χ1n) is 7.14. The predicted molar refractivity (Wildman–Crippen MR) is 73.1 cm³/mol. The van der Waals surface area contributed by atoms with Crippen LogP contribution in [0.4, 0.5) is 5.69 Å². The van der Waals surface area contributed by atoms with Gasteiger partial charge in [0.15, 0.2) is 0 Å². The van der Waals surface area contributed by atoms with Gasteiger partial charge in [-0.05, 0) is 19.8 Å². The van der Waals surface area contributed by atoms with Gasteiger partial charge >= 0.3 is 0 Å². The molecule has 1 saturated carbocycles. The Hall–Kier alpha value is -1.16. The van der Waals surface area contributed by atoms with E-state index in [4.69, 9.17) is 4.98 Å². The van der Waals surface area contributed by atoms with E-state index in [1.165, 1.54) is 37.1 Å². The van der Waals surface area contributed by atoms with Gasteiger partial charge in [0.05, 0.1) is 17.6 Å². The molecule has 0 spiro atoms. The molecule has 1 saturated heterocycles. The largest absolute Gasteiger partial charge is 0.366 e. The smallest absolute Gasteiger partial charge is 0.125 e. The van der Waals surface area contributed by atoms with Crippen LogP contribution in [0.5, 0.6) is 0 Å². The monoisotopic (exact) mass is 246 g/mol. The topological polar surface area (TPSA) is 41.1 Å². The third-order valence-corrected chi connectivity index (χ3v) is 4.12. The maximum atomic E-state index is 4.76. The summed E-state index contributed by atoms with van der Waals surface area (Å²) in [7, 11) is 0. The van der Waals surface area contributed by atoms with Crippen LogP contribution >= 0.6 is 0 Å². The van der Waals surface area contributed by atoms with Gasteiger partial charge < -0.3 is 10.2 Å². The fourth-order valence-electron chi connectivity index (χ4n) is 3.13. The highest BCUT2D eigenvalue weighted by atomic mass is 15.2. The van der Waals surface area contributed by atoms with Crippen LogP contribution in [0, 0.1) is 6.92 Å². The Bertz CT molecular complexity index is 406. The van der Waals surface area contributed by atoms with Gasteiger partial charge in [-0.2, -0.15) is 0 Å². The lowest BCUT2D eigenvalue weighted by molar-refractivity contribution is 0.580. The second-order valence-electron chi connectivity index (χ2n) is 5.41. The van der Waals surface area contributed by atoms with Crippen molar-refractivity contribution in [3.8, 4) is 0 Å². The molecule has 0 unspecified atom stereocenters. The Labute approximate surface area is 109 Å². The van der Waals surface area contributed by atoms with Crippen LogP contribution in [0.2, 0.25) is 0 Å². The maximum Gasteiger partial charge on any atom is 0.125 e. The molecule has 0 atom stereocenters. The van der Waals surface area contributed by atoms with Gasteiger partial charge in [-0.1, -0.05) is 12.8 Å². The summed E-state index contributed by atoms with van der Waals surface area (Å²) in [4.78, 5) is 11.6. The van der Waals surface area contributed by atoms with Crippen LogP contribution in [0.25, 0.3) is 0 Å². The van der Waals surface area contributed by atoms with Crippen LogP contribution in [0.15, 0.2) is 6.20 Å². The summed E-state index contributed by atoms with van der Waals surface area (Å²) in [5.74, 6) is 1.58. The summed E-state index contributed by atoms with van der Waals surface area (Å²) in [6.45, 7) is 6.29. The molecule has 1 aliphatic carbocycles. The molecule has 2 fully saturated rings. The molecule has 2 aliphatic rings. The fourth-order valence-corrected chi connectivity index (χ4v) is 3.13. The van der Waals surface area contributed by atoms with Crippen LogP contribution < -0.4 is 10.2 Å². The number of piperazine rings is 1. The quantitative estimate of drug-likeness (QED) is 0.864. The summed E-state index contributed by atoms with van der Waals surface area (Å²) in [5.41, 5.74) is 2.59. The van der Waals surface area contributed by atoms with Crippen molar-refractivity contribution in [1.82, 2.24) is 15.3 Å². The van der Waals surface area contributed by atoms with Crippen LogP contribution in [0.3, 0.4) is 0 Å². The van der Waals surface area contributed by atoms with Crippen molar-refractivity contribution in [2.75, 3.05) is 31.1 Å². The van der Waals surface area contributed by atoms with Gasteiger partial charge in [0.25, 0.3) is 0 Å². The Morgan fingerprint density at radius 1 is 1.22 bits per heavy atom. The zero-order valence-electron chi connectivity index (χ0n) is 11.2. The minimum atomic E-state index is 0.664. The van der Waals surface area contributed by atoms with Gasteiger partial charge in [0, 0.05) is 32.1 Å². The van der Waals surface area contributed by atoms with Gasteiger partial charge in [0.1, 0.15) is 5.82 Å². The summed E-state index contributed by atoms with van der Waals surface area (Å²) in [5, 5.41) is 3.40. The van der Waals surface area contributed by atoms with Gasteiger partial charge in [-0.15, -0.1) is 0 Å². The number of hydrogen-bond acceptors (Lipinski definition) is 4. The predicted octanol–water partition coefficient (Wildman–Crippen LogP) is 1.85. The molecular formula is C14H22N4. The third kappa shape index (κ3) is 2.34. The average molecular weight is 246 g/mol. The fraction of sp³-hybridized carbons (Fsp3) is 0.714. The second-order valence-corrected chi connectivity index (χ2v) is 5.41. The van der Waals surface area contributed by atoms with Crippen molar-refractivity contribution >= 4 is 5.69 Å². The zero-order chi connectivity index (χ0) is 12.4. The lowest BCUT2D eigenvalue weighted by atomic mass is 10.0. The number of nitrogens with one attached hydrogen (secondary N) is 1. The lowest BCUT2D eigenvalue weighted by Gasteiger charge is -2.31. The van der Waals surface area contributed by atoms with E-state index in [0.717, 1.165) is 32.0 Å². The molecule has 2 heterocycles. The minimum absolute atomic E-state index is 0.664. The molecular weight excluding hydrogens is 224 g/mol. The number of nitrogens with zero attached hydrogens (tertiary/aromatic N) is 3. The van der Waals surface area contributed by atoms with Gasteiger partial charge in [-0.25, -0.2) is 9.97 Å². The molecule has 1 aromatic heterocycles.